The van der Waals surface area contributed by atoms with Crippen LogP contribution in [-0.4, -0.2) is 79.6 Å². The largest absolute Gasteiger partial charge is 0.481 e. The first-order chi connectivity index (χ1) is 17.4. The molecule has 4 fully saturated rings. The number of benzene rings is 1. The van der Waals surface area contributed by atoms with Gasteiger partial charge in [0.25, 0.3) is 0 Å². The molecule has 1 unspecified atom stereocenters. The van der Waals surface area contributed by atoms with Crippen LogP contribution in [0.2, 0.25) is 0 Å². The Balaban J connectivity index is 1.63. The zero-order valence-corrected chi connectivity index (χ0v) is 21.8. The highest BCUT2D eigenvalue weighted by Gasteiger charge is 2.77. The number of hydrogen-bond acceptors (Lipinski definition) is 5. The second-order valence-corrected chi connectivity index (χ2v) is 11.6. The molecule has 5 rings (SSSR count). The third kappa shape index (κ3) is 3.82. The van der Waals surface area contributed by atoms with E-state index in [0.717, 1.165) is 32.1 Å². The molecule has 8 nitrogen and oxygen atoms in total. The number of amides is 2. The van der Waals surface area contributed by atoms with Crippen molar-refractivity contribution in [2.24, 2.45) is 11.8 Å². The molecular formula is C27H33BrN2O6. The zero-order chi connectivity index (χ0) is 25.6. The summed E-state index contributed by atoms with van der Waals surface area (Å²) >= 11 is 3.59. The third-order valence-electron chi connectivity index (χ3n) is 8.56. The Bertz CT molecular complexity index is 1030. The van der Waals surface area contributed by atoms with Crippen LogP contribution in [0.4, 0.5) is 0 Å². The number of aliphatic hydroxyl groups excluding tert-OH is 1. The SMILES string of the molecule is C=CCN(C(=O)[C@@H]1N([C@H](CO)c2ccccc2)C(=O)[C@H]2[C@H](C(=O)O)[C@H]3O[C@@]12CC3Br)C1CCCCC1. The summed E-state index contributed by atoms with van der Waals surface area (Å²) in [6.07, 6.45) is 6.29. The van der Waals surface area contributed by atoms with Crippen molar-refractivity contribution < 1.29 is 29.3 Å². The second-order valence-electron chi connectivity index (χ2n) is 10.4. The standard InChI is InChI=1S/C27H33BrN2O6/c1-2-13-29(17-11-7-4-8-12-17)25(33)23-27-14-18(28)22(36-27)20(26(34)35)21(27)24(32)30(23)19(15-31)16-9-5-3-6-10-16/h2-3,5-6,9-10,17-23,31H,1,4,7-8,11-15H2,(H,34,35)/t18?,19-,20+,21-,22+,23+,27-/m1/s1. The highest BCUT2D eigenvalue weighted by atomic mass is 79.9. The maximum atomic E-state index is 14.5. The van der Waals surface area contributed by atoms with Crippen molar-refractivity contribution in [2.45, 2.75) is 73.2 Å². The lowest BCUT2D eigenvalue weighted by molar-refractivity contribution is -0.154. The average Bonchev–Trinajstić information content (AvgIpc) is 3.48. The summed E-state index contributed by atoms with van der Waals surface area (Å²) in [6.45, 7) is 3.80. The Kier molecular flexibility index (Phi) is 7.00. The summed E-state index contributed by atoms with van der Waals surface area (Å²) in [7, 11) is 0. The number of carboxylic acid groups (broad SMARTS) is 1. The fourth-order valence-electron chi connectivity index (χ4n) is 7.10. The molecule has 36 heavy (non-hydrogen) atoms. The first-order valence-corrected chi connectivity index (χ1v) is 13.7. The van der Waals surface area contributed by atoms with Gasteiger partial charge in [0.05, 0.1) is 30.6 Å². The van der Waals surface area contributed by atoms with Gasteiger partial charge in [-0.3, -0.25) is 14.4 Å². The molecule has 1 aromatic carbocycles. The summed E-state index contributed by atoms with van der Waals surface area (Å²) in [5.41, 5.74) is -0.584. The topological polar surface area (TPSA) is 107 Å². The second kappa shape index (κ2) is 9.91. The van der Waals surface area contributed by atoms with E-state index in [1.54, 1.807) is 6.08 Å². The zero-order valence-electron chi connectivity index (χ0n) is 20.2. The number of carboxylic acids is 1. The number of aliphatic hydroxyl groups is 1. The minimum Gasteiger partial charge on any atom is -0.481 e. The number of rotatable bonds is 8. The summed E-state index contributed by atoms with van der Waals surface area (Å²) in [5.74, 6) is -3.84. The van der Waals surface area contributed by atoms with Gasteiger partial charge >= 0.3 is 5.97 Å². The number of aliphatic carboxylic acids is 1. The summed E-state index contributed by atoms with van der Waals surface area (Å²) in [6, 6.07) is 7.28. The van der Waals surface area contributed by atoms with Gasteiger partial charge in [0.1, 0.15) is 11.6 Å². The minimum absolute atomic E-state index is 0.0228. The Morgan fingerprint density at radius 2 is 1.94 bits per heavy atom. The van der Waals surface area contributed by atoms with E-state index >= 15 is 0 Å². The molecule has 0 radical (unpaired) electrons. The molecule has 3 saturated heterocycles. The molecule has 1 saturated carbocycles. The molecule has 2 N–H and O–H groups in total. The predicted octanol–water partition coefficient (Wildman–Crippen LogP) is 2.90. The molecule has 1 aliphatic carbocycles. The van der Waals surface area contributed by atoms with Gasteiger partial charge in [-0.1, -0.05) is 71.6 Å². The Morgan fingerprint density at radius 3 is 2.56 bits per heavy atom. The molecule has 1 spiro atoms. The number of hydrogen-bond donors (Lipinski definition) is 2. The summed E-state index contributed by atoms with van der Waals surface area (Å²) in [4.78, 5) is 43.9. The van der Waals surface area contributed by atoms with Gasteiger partial charge < -0.3 is 24.7 Å². The van der Waals surface area contributed by atoms with Gasteiger partial charge in [0.2, 0.25) is 11.8 Å². The van der Waals surface area contributed by atoms with Crippen molar-refractivity contribution in [3.63, 3.8) is 0 Å². The lowest BCUT2D eigenvalue weighted by atomic mass is 9.70. The monoisotopic (exact) mass is 560 g/mol. The van der Waals surface area contributed by atoms with Gasteiger partial charge in [-0.25, -0.2) is 0 Å². The van der Waals surface area contributed by atoms with Crippen molar-refractivity contribution in [1.29, 1.82) is 0 Å². The van der Waals surface area contributed by atoms with E-state index in [0.29, 0.717) is 18.5 Å². The molecule has 7 atom stereocenters. The van der Waals surface area contributed by atoms with Crippen LogP contribution in [0, 0.1) is 11.8 Å². The first kappa shape index (κ1) is 25.4. The van der Waals surface area contributed by atoms with E-state index < -0.39 is 54.1 Å². The van der Waals surface area contributed by atoms with Crippen LogP contribution in [0.25, 0.3) is 0 Å². The Labute approximate surface area is 219 Å². The van der Waals surface area contributed by atoms with Gasteiger partial charge in [-0.15, -0.1) is 6.58 Å². The Hall–Kier alpha value is -2.23. The van der Waals surface area contributed by atoms with Crippen molar-refractivity contribution >= 4 is 33.7 Å². The van der Waals surface area contributed by atoms with Crippen LogP contribution in [0.15, 0.2) is 43.0 Å². The molecule has 2 bridgehead atoms. The number of halogens is 1. The molecule has 3 aliphatic heterocycles. The van der Waals surface area contributed by atoms with Gasteiger partial charge in [-0.2, -0.15) is 0 Å². The number of likely N-dealkylation sites (tertiary alicyclic amines) is 1. The first-order valence-electron chi connectivity index (χ1n) is 12.8. The molecular weight excluding hydrogens is 528 g/mol. The molecule has 9 heteroatoms. The van der Waals surface area contributed by atoms with E-state index in [1.807, 2.05) is 35.2 Å². The van der Waals surface area contributed by atoms with E-state index in [9.17, 15) is 24.6 Å². The fourth-order valence-corrected chi connectivity index (χ4v) is 8.04. The van der Waals surface area contributed by atoms with Crippen LogP contribution in [0.5, 0.6) is 0 Å². The van der Waals surface area contributed by atoms with Crippen LogP contribution >= 0.6 is 15.9 Å². The number of ether oxygens (including phenoxy) is 1. The number of fused-ring (bicyclic) bond motifs is 1. The lowest BCUT2D eigenvalue weighted by Gasteiger charge is -2.42. The van der Waals surface area contributed by atoms with Crippen molar-refractivity contribution in [3.05, 3.63) is 48.6 Å². The molecule has 3 heterocycles. The highest BCUT2D eigenvalue weighted by Crippen LogP contribution is 2.61. The van der Waals surface area contributed by atoms with Crippen molar-refractivity contribution in [2.75, 3.05) is 13.2 Å². The van der Waals surface area contributed by atoms with Crippen LogP contribution in [0.1, 0.15) is 50.1 Å². The van der Waals surface area contributed by atoms with E-state index in [2.05, 4.69) is 22.5 Å². The van der Waals surface area contributed by atoms with E-state index in [-0.39, 0.29) is 16.8 Å². The molecule has 1 aromatic rings. The number of alkyl halides is 1. The van der Waals surface area contributed by atoms with E-state index in [1.165, 1.54) is 4.90 Å². The van der Waals surface area contributed by atoms with Crippen LogP contribution in [0.3, 0.4) is 0 Å². The minimum atomic E-state index is -1.27. The van der Waals surface area contributed by atoms with Crippen molar-refractivity contribution in [1.82, 2.24) is 9.80 Å². The normalized spacial score (nSPS) is 34.4. The Morgan fingerprint density at radius 1 is 1.25 bits per heavy atom. The summed E-state index contributed by atoms with van der Waals surface area (Å²) < 4.78 is 6.41. The highest BCUT2D eigenvalue weighted by molar-refractivity contribution is 9.09. The molecule has 194 valence electrons. The fraction of sp³-hybridized carbons (Fsp3) is 0.593. The number of carbonyl (C=O) groups excluding carboxylic acids is 2. The predicted molar refractivity (Wildman–Crippen MR) is 135 cm³/mol. The average molecular weight is 561 g/mol. The maximum Gasteiger partial charge on any atom is 0.310 e. The smallest absolute Gasteiger partial charge is 0.310 e. The maximum absolute atomic E-state index is 14.5. The quantitative estimate of drug-likeness (QED) is 0.374. The van der Waals surface area contributed by atoms with Crippen LogP contribution in [-0.2, 0) is 19.1 Å². The molecule has 2 amide bonds. The van der Waals surface area contributed by atoms with Crippen LogP contribution < -0.4 is 0 Å². The van der Waals surface area contributed by atoms with Crippen molar-refractivity contribution in [3.8, 4) is 0 Å². The van der Waals surface area contributed by atoms with E-state index in [4.69, 9.17) is 4.74 Å². The molecule has 4 aliphatic rings. The summed E-state index contributed by atoms with van der Waals surface area (Å²) in [5, 5.41) is 20.6. The van der Waals surface area contributed by atoms with Gasteiger partial charge in [0, 0.05) is 17.4 Å². The van der Waals surface area contributed by atoms with Gasteiger partial charge in [0.15, 0.2) is 0 Å². The number of carbonyl (C=O) groups is 3. The molecule has 0 aromatic heterocycles. The van der Waals surface area contributed by atoms with Gasteiger partial charge in [-0.05, 0) is 24.8 Å². The number of nitrogens with zero attached hydrogens (tertiary/aromatic N) is 2. The third-order valence-corrected chi connectivity index (χ3v) is 9.41. The lowest BCUT2D eigenvalue weighted by Crippen LogP contribution is -2.59.